The smallest absolute Gasteiger partial charge is 0.0654 e. The molecule has 0 radical (unpaired) electrons. The first-order valence-electron chi connectivity index (χ1n) is 13.2. The first-order chi connectivity index (χ1) is 16.0. The van der Waals surface area contributed by atoms with Gasteiger partial charge in [0.15, 0.2) is 0 Å². The Balaban J connectivity index is 2.54. The summed E-state index contributed by atoms with van der Waals surface area (Å²) < 4.78 is 0. The molecule has 0 heterocycles. The van der Waals surface area contributed by atoms with Crippen LogP contribution < -0.4 is 15.9 Å². The van der Waals surface area contributed by atoms with Crippen molar-refractivity contribution in [3.8, 4) is 0 Å². The van der Waals surface area contributed by atoms with Gasteiger partial charge in [-0.1, -0.05) is 72.9 Å². The molecule has 1 heteroatoms. The molecule has 182 valence electrons. The van der Waals surface area contributed by atoms with Gasteiger partial charge in [0.1, 0.15) is 23.2 Å². The molecule has 3 aromatic carbocycles. The zero-order chi connectivity index (χ0) is 25.2. The molecule has 0 spiro atoms. The second-order valence-electron chi connectivity index (χ2n) is 10.8. The fourth-order valence-corrected chi connectivity index (χ4v) is 12.8. The van der Waals surface area contributed by atoms with Gasteiger partial charge >= 0.3 is 0 Å². The normalized spacial score (nSPS) is 11.8. The van der Waals surface area contributed by atoms with Crippen molar-refractivity contribution in [3.05, 3.63) is 86.5 Å². The van der Waals surface area contributed by atoms with Gasteiger partial charge in [0.25, 0.3) is 0 Å². The van der Waals surface area contributed by atoms with Crippen LogP contribution in [0.3, 0.4) is 0 Å². The van der Waals surface area contributed by atoms with Crippen LogP contribution in [0.5, 0.6) is 0 Å². The van der Waals surface area contributed by atoms with E-state index in [1.807, 2.05) is 0 Å². The monoisotopic (exact) mass is 473 g/mol. The van der Waals surface area contributed by atoms with E-state index in [9.17, 15) is 0 Å². The Morgan fingerprint density at radius 2 is 0.735 bits per heavy atom. The number of hydrogen-bond acceptors (Lipinski definition) is 0. The summed E-state index contributed by atoms with van der Waals surface area (Å²) >= 11 is 0. The Kier molecular flexibility index (Phi) is 8.47. The summed E-state index contributed by atoms with van der Waals surface area (Å²) in [7, 11) is -1.88. The number of rotatable bonds is 8. The van der Waals surface area contributed by atoms with Crippen LogP contribution in [0.25, 0.3) is 0 Å². The fourth-order valence-electron chi connectivity index (χ4n) is 6.77. The van der Waals surface area contributed by atoms with E-state index in [1.165, 1.54) is 81.9 Å². The van der Waals surface area contributed by atoms with Gasteiger partial charge in [-0.3, -0.25) is 0 Å². The lowest BCUT2D eigenvalue weighted by atomic mass is 10.1. The number of benzene rings is 3. The minimum Gasteiger partial charge on any atom is -0.0654 e. The highest BCUT2D eigenvalue weighted by Gasteiger charge is 2.50. The van der Waals surface area contributed by atoms with Gasteiger partial charge in [0.05, 0.1) is 6.16 Å². The van der Waals surface area contributed by atoms with Crippen LogP contribution in [0.1, 0.15) is 82.7 Å². The lowest BCUT2D eigenvalue weighted by molar-refractivity contribution is 0.705. The summed E-state index contributed by atoms with van der Waals surface area (Å²) in [6.45, 7) is 23.3. The Hall–Kier alpha value is -1.91. The standard InChI is InChI=1S/C33H46P/c1-11-12-13-14-15-34(31-25(5)16-22(2)17-26(31)6,32-27(7)18-23(3)19-28(32)8)33-29(9)20-24(4)21-30(33)10/h16-21H,11-15H2,1-10H3/q+1. The molecule has 0 fully saturated rings. The molecule has 0 atom stereocenters. The maximum absolute atomic E-state index is 2.43. The molecule has 0 nitrogen and oxygen atoms in total. The fraction of sp³-hybridized carbons (Fsp3) is 0.455. The molecule has 0 saturated carbocycles. The molecule has 0 aliphatic heterocycles. The average Bonchev–Trinajstić information content (AvgIpc) is 2.68. The van der Waals surface area contributed by atoms with Crippen LogP contribution in [0.4, 0.5) is 0 Å². The van der Waals surface area contributed by atoms with Crippen molar-refractivity contribution in [3.63, 3.8) is 0 Å². The van der Waals surface area contributed by atoms with E-state index in [4.69, 9.17) is 0 Å². The van der Waals surface area contributed by atoms with E-state index in [-0.39, 0.29) is 0 Å². The maximum Gasteiger partial charge on any atom is 0.113 e. The molecule has 0 aliphatic carbocycles. The van der Waals surface area contributed by atoms with Gasteiger partial charge in [-0.05, 0) is 109 Å². The van der Waals surface area contributed by atoms with Crippen LogP contribution >= 0.6 is 7.26 Å². The molecule has 0 amide bonds. The summed E-state index contributed by atoms with van der Waals surface area (Å²) in [5, 5.41) is 4.92. The van der Waals surface area contributed by atoms with Gasteiger partial charge in [-0.2, -0.15) is 0 Å². The molecule has 0 aromatic heterocycles. The number of hydrogen-bond donors (Lipinski definition) is 0. The van der Waals surface area contributed by atoms with Gasteiger partial charge in [-0.25, -0.2) is 0 Å². The summed E-state index contributed by atoms with van der Waals surface area (Å²) in [6.07, 6.45) is 6.46. The predicted molar refractivity (Wildman–Crippen MR) is 157 cm³/mol. The highest BCUT2D eigenvalue weighted by atomic mass is 31.2. The van der Waals surface area contributed by atoms with Crippen LogP contribution in [-0.4, -0.2) is 6.16 Å². The Morgan fingerprint density at radius 3 is 1.00 bits per heavy atom. The van der Waals surface area contributed by atoms with Crippen molar-refractivity contribution in [2.45, 2.75) is 94.9 Å². The lowest BCUT2D eigenvalue weighted by Crippen LogP contribution is -2.40. The average molecular weight is 474 g/mol. The Morgan fingerprint density at radius 1 is 0.441 bits per heavy atom. The molecule has 3 aromatic rings. The number of aryl methyl sites for hydroxylation is 9. The summed E-state index contributed by atoms with van der Waals surface area (Å²) in [4.78, 5) is 0. The third kappa shape index (κ3) is 5.04. The first kappa shape index (κ1) is 26.7. The Bertz CT molecular complexity index is 973. The third-order valence-electron chi connectivity index (χ3n) is 7.40. The molecule has 3 rings (SSSR count). The predicted octanol–water partition coefficient (Wildman–Crippen LogP) is 8.34. The van der Waals surface area contributed by atoms with E-state index in [1.54, 1.807) is 15.9 Å². The minimum absolute atomic E-state index is 1.26. The van der Waals surface area contributed by atoms with Gasteiger partial charge in [0, 0.05) is 0 Å². The summed E-state index contributed by atoms with van der Waals surface area (Å²) in [5.74, 6) is 0. The van der Waals surface area contributed by atoms with E-state index in [0.29, 0.717) is 0 Å². The highest BCUT2D eigenvalue weighted by molar-refractivity contribution is 7.96. The zero-order valence-electron chi connectivity index (χ0n) is 23.4. The topological polar surface area (TPSA) is 0 Å². The second-order valence-corrected chi connectivity index (χ2v) is 14.2. The van der Waals surface area contributed by atoms with Crippen LogP contribution in [0.2, 0.25) is 0 Å². The highest BCUT2D eigenvalue weighted by Crippen LogP contribution is 2.60. The molecule has 0 bridgehead atoms. The molecular formula is C33H46P+. The maximum atomic E-state index is 2.43. The van der Waals surface area contributed by atoms with Gasteiger partial charge < -0.3 is 0 Å². The second kappa shape index (κ2) is 10.8. The van der Waals surface area contributed by atoms with Crippen molar-refractivity contribution in [2.24, 2.45) is 0 Å². The van der Waals surface area contributed by atoms with Gasteiger partial charge in [-0.15, -0.1) is 0 Å². The molecular weight excluding hydrogens is 427 g/mol. The van der Waals surface area contributed by atoms with E-state index < -0.39 is 7.26 Å². The van der Waals surface area contributed by atoms with E-state index in [0.717, 1.165) is 0 Å². The summed E-state index contributed by atoms with van der Waals surface area (Å²) in [6, 6.07) is 14.6. The molecule has 0 N–H and O–H groups in total. The van der Waals surface area contributed by atoms with E-state index in [2.05, 4.69) is 106 Å². The molecule has 0 unspecified atom stereocenters. The van der Waals surface area contributed by atoms with Gasteiger partial charge in [0.2, 0.25) is 0 Å². The van der Waals surface area contributed by atoms with Crippen molar-refractivity contribution >= 4 is 23.2 Å². The molecule has 34 heavy (non-hydrogen) atoms. The molecule has 0 saturated heterocycles. The largest absolute Gasteiger partial charge is 0.113 e. The van der Waals surface area contributed by atoms with Crippen molar-refractivity contribution in [2.75, 3.05) is 6.16 Å². The summed E-state index contributed by atoms with van der Waals surface area (Å²) in [5.41, 5.74) is 13.0. The SMILES string of the molecule is CCCCCC[P+](c1c(C)cc(C)cc1C)(c1c(C)cc(C)cc1C)c1c(C)cc(C)cc1C. The van der Waals surface area contributed by atoms with Crippen molar-refractivity contribution in [1.29, 1.82) is 0 Å². The van der Waals surface area contributed by atoms with Crippen molar-refractivity contribution < 1.29 is 0 Å². The van der Waals surface area contributed by atoms with E-state index >= 15 is 0 Å². The lowest BCUT2D eigenvalue weighted by Gasteiger charge is -2.35. The molecule has 0 aliphatic rings. The van der Waals surface area contributed by atoms with Crippen LogP contribution in [0.15, 0.2) is 36.4 Å². The van der Waals surface area contributed by atoms with Crippen molar-refractivity contribution in [1.82, 2.24) is 0 Å². The zero-order valence-corrected chi connectivity index (χ0v) is 24.3. The van der Waals surface area contributed by atoms with Crippen LogP contribution in [-0.2, 0) is 0 Å². The quantitative estimate of drug-likeness (QED) is 0.228. The third-order valence-corrected chi connectivity index (χ3v) is 12.8. The number of unbranched alkanes of at least 4 members (excludes halogenated alkanes) is 3. The minimum atomic E-state index is -1.88. The van der Waals surface area contributed by atoms with Crippen LogP contribution in [0, 0.1) is 62.3 Å². The first-order valence-corrected chi connectivity index (χ1v) is 15.1. The Labute approximate surface area is 210 Å².